The minimum absolute atomic E-state index is 1.04. The van der Waals surface area contributed by atoms with E-state index in [1.165, 1.54) is 66.3 Å². The third-order valence-electron chi connectivity index (χ3n) is 8.61. The zero-order chi connectivity index (χ0) is 26.9. The lowest BCUT2D eigenvalue weighted by atomic mass is 9.80. The maximum Gasteiger partial charge on any atom is 0.0786 e. The van der Waals surface area contributed by atoms with Gasteiger partial charge in [-0.15, -0.1) is 0 Å². The van der Waals surface area contributed by atoms with Crippen molar-refractivity contribution in [2.24, 2.45) is 0 Å². The van der Waals surface area contributed by atoms with Crippen molar-refractivity contribution in [2.45, 2.75) is 0 Å². The molecule has 0 fully saturated rings. The van der Waals surface area contributed by atoms with Crippen molar-refractivity contribution in [3.05, 3.63) is 146 Å². The van der Waals surface area contributed by atoms with E-state index in [1.807, 2.05) is 12.3 Å². The minimum Gasteiger partial charge on any atom is -0.309 e. The predicted molar refractivity (Wildman–Crippen MR) is 171 cm³/mol. The smallest absolute Gasteiger partial charge is 0.0786 e. The van der Waals surface area contributed by atoms with Gasteiger partial charge >= 0.3 is 0 Å². The van der Waals surface area contributed by atoms with Crippen LogP contribution in [-0.2, 0) is 0 Å². The summed E-state index contributed by atoms with van der Waals surface area (Å²) in [4.78, 5) is 4.92. The summed E-state index contributed by atoms with van der Waals surface area (Å²) in [5, 5.41) is 3.69. The lowest BCUT2D eigenvalue weighted by Crippen LogP contribution is -2.00. The van der Waals surface area contributed by atoms with Gasteiger partial charge in [0.2, 0.25) is 0 Å². The average Bonchev–Trinajstić information content (AvgIpc) is 3.38. The monoisotopic (exact) mass is 520 g/mol. The van der Waals surface area contributed by atoms with Gasteiger partial charge in [-0.05, 0) is 69.3 Å². The summed E-state index contributed by atoms with van der Waals surface area (Å²) in [6.45, 7) is 0. The van der Waals surface area contributed by atoms with Gasteiger partial charge in [0.25, 0.3) is 0 Å². The highest BCUT2D eigenvalue weighted by atomic mass is 15.0. The second kappa shape index (κ2) is 8.51. The van der Waals surface area contributed by atoms with Gasteiger partial charge in [0.1, 0.15) is 0 Å². The van der Waals surface area contributed by atoms with Crippen LogP contribution in [0.1, 0.15) is 0 Å². The Labute approximate surface area is 237 Å². The van der Waals surface area contributed by atoms with Crippen LogP contribution >= 0.6 is 0 Å². The second-order valence-corrected chi connectivity index (χ2v) is 10.8. The minimum atomic E-state index is 1.04. The summed E-state index contributed by atoms with van der Waals surface area (Å²) in [7, 11) is 0. The Balaban J connectivity index is 1.43. The molecule has 2 aromatic heterocycles. The predicted octanol–water partition coefficient (Wildman–Crippen LogP) is 10.3. The van der Waals surface area contributed by atoms with Crippen molar-refractivity contribution in [3.8, 4) is 50.2 Å². The summed E-state index contributed by atoms with van der Waals surface area (Å²) in [6, 6.07) is 50.7. The molecule has 190 valence electrons. The molecule has 1 aliphatic carbocycles. The number of hydrogen-bond acceptors (Lipinski definition) is 1. The summed E-state index contributed by atoms with van der Waals surface area (Å²) < 4.78 is 2.41. The van der Waals surface area contributed by atoms with Crippen LogP contribution in [-0.4, -0.2) is 9.55 Å². The average molecular weight is 521 g/mol. The summed E-state index contributed by atoms with van der Waals surface area (Å²) in [5.74, 6) is 0. The molecule has 0 N–H and O–H groups in total. The third-order valence-corrected chi connectivity index (χ3v) is 8.61. The number of fused-ring (bicyclic) bond motifs is 13. The molecule has 0 saturated carbocycles. The standard InChI is InChI=1S/C39H24N2/c1-2-13-29-27(11-1)28-12-3-4-16-33(28)38-34(21-19-25-10-9-23-40-39(25)38)30-22-20-26(24-35(29)30)41-36-17-7-5-14-31(36)32-15-6-8-18-37(32)41/h1-24H. The molecule has 2 heteroatoms. The van der Waals surface area contributed by atoms with Gasteiger partial charge in [-0.3, -0.25) is 4.98 Å². The van der Waals surface area contributed by atoms with Gasteiger partial charge < -0.3 is 4.57 Å². The Morgan fingerprint density at radius 3 is 1.71 bits per heavy atom. The normalized spacial score (nSPS) is 11.9. The van der Waals surface area contributed by atoms with E-state index >= 15 is 0 Å². The lowest BCUT2D eigenvalue weighted by molar-refractivity contribution is 1.18. The Hall–Kier alpha value is -5.47. The van der Waals surface area contributed by atoms with Crippen LogP contribution in [0, 0.1) is 0 Å². The molecule has 0 spiro atoms. The Morgan fingerprint density at radius 1 is 0.415 bits per heavy atom. The van der Waals surface area contributed by atoms with Crippen molar-refractivity contribution in [1.82, 2.24) is 9.55 Å². The molecule has 0 aliphatic heterocycles. The fraction of sp³-hybridized carbons (Fsp3) is 0. The Bertz CT molecular complexity index is 2270. The molecule has 6 aromatic carbocycles. The number of hydrogen-bond donors (Lipinski definition) is 0. The molecule has 0 saturated heterocycles. The van der Waals surface area contributed by atoms with Crippen molar-refractivity contribution < 1.29 is 0 Å². The first-order valence-corrected chi connectivity index (χ1v) is 14.1. The van der Waals surface area contributed by atoms with E-state index in [-0.39, 0.29) is 0 Å². The van der Waals surface area contributed by atoms with E-state index in [2.05, 4.69) is 138 Å². The first-order chi connectivity index (χ1) is 20.4. The molecule has 0 radical (unpaired) electrons. The lowest BCUT2D eigenvalue weighted by Gasteiger charge is -2.24. The van der Waals surface area contributed by atoms with E-state index in [1.54, 1.807) is 0 Å². The number of benzene rings is 6. The van der Waals surface area contributed by atoms with Crippen LogP contribution in [0.15, 0.2) is 146 Å². The van der Waals surface area contributed by atoms with Crippen molar-refractivity contribution in [3.63, 3.8) is 0 Å². The summed E-state index contributed by atoms with van der Waals surface area (Å²) in [5.41, 5.74) is 14.4. The topological polar surface area (TPSA) is 17.8 Å². The van der Waals surface area contributed by atoms with Gasteiger partial charge in [0.05, 0.1) is 16.6 Å². The van der Waals surface area contributed by atoms with Crippen molar-refractivity contribution in [2.75, 3.05) is 0 Å². The number of nitrogens with zero attached hydrogens (tertiary/aromatic N) is 2. The van der Waals surface area contributed by atoms with Gasteiger partial charge in [-0.25, -0.2) is 0 Å². The molecule has 0 unspecified atom stereocenters. The van der Waals surface area contributed by atoms with Gasteiger partial charge in [0, 0.05) is 33.6 Å². The van der Waals surface area contributed by atoms with Crippen LogP contribution in [0.3, 0.4) is 0 Å². The highest BCUT2D eigenvalue weighted by molar-refractivity contribution is 6.12. The first-order valence-electron chi connectivity index (χ1n) is 14.1. The van der Waals surface area contributed by atoms with E-state index in [4.69, 9.17) is 4.98 Å². The molecule has 8 aromatic rings. The molecule has 2 nitrogen and oxygen atoms in total. The molecule has 0 amide bonds. The van der Waals surface area contributed by atoms with E-state index < -0.39 is 0 Å². The van der Waals surface area contributed by atoms with Crippen LogP contribution in [0.4, 0.5) is 0 Å². The fourth-order valence-corrected chi connectivity index (χ4v) is 6.86. The number of rotatable bonds is 1. The SMILES string of the molecule is c1ccc2c(c1)-c1cc(-n3c4ccccc4c4ccccc43)ccc1-c1ccc3cccnc3c1-c1ccccc1-2. The zero-order valence-corrected chi connectivity index (χ0v) is 22.3. The van der Waals surface area contributed by atoms with Crippen LogP contribution in [0.5, 0.6) is 0 Å². The molecule has 9 rings (SSSR count). The van der Waals surface area contributed by atoms with Crippen molar-refractivity contribution in [1.29, 1.82) is 0 Å². The molecular weight excluding hydrogens is 496 g/mol. The Kier molecular flexibility index (Phi) is 4.64. The quantitative estimate of drug-likeness (QED) is 0.210. The number of pyridine rings is 1. The maximum atomic E-state index is 4.92. The first kappa shape index (κ1) is 22.4. The van der Waals surface area contributed by atoms with Gasteiger partial charge in [-0.2, -0.15) is 0 Å². The van der Waals surface area contributed by atoms with Crippen LogP contribution in [0.2, 0.25) is 0 Å². The summed E-state index contributed by atoms with van der Waals surface area (Å²) in [6.07, 6.45) is 1.91. The molecule has 2 heterocycles. The highest BCUT2D eigenvalue weighted by Crippen LogP contribution is 2.50. The van der Waals surface area contributed by atoms with Crippen LogP contribution < -0.4 is 0 Å². The van der Waals surface area contributed by atoms with E-state index in [0.717, 1.165) is 16.6 Å². The number of aromatic nitrogens is 2. The fourth-order valence-electron chi connectivity index (χ4n) is 6.86. The van der Waals surface area contributed by atoms with Gasteiger partial charge in [0.15, 0.2) is 0 Å². The largest absolute Gasteiger partial charge is 0.309 e. The Morgan fingerprint density at radius 2 is 0.976 bits per heavy atom. The maximum absolute atomic E-state index is 4.92. The van der Waals surface area contributed by atoms with E-state index in [9.17, 15) is 0 Å². The van der Waals surface area contributed by atoms with E-state index in [0.29, 0.717) is 0 Å². The molecule has 1 aliphatic rings. The molecule has 41 heavy (non-hydrogen) atoms. The third kappa shape index (κ3) is 3.16. The second-order valence-electron chi connectivity index (χ2n) is 10.8. The van der Waals surface area contributed by atoms with Gasteiger partial charge in [-0.1, -0.05) is 109 Å². The summed E-state index contributed by atoms with van der Waals surface area (Å²) >= 11 is 0. The number of para-hydroxylation sites is 2. The van der Waals surface area contributed by atoms with Crippen molar-refractivity contribution >= 4 is 32.7 Å². The molecule has 0 atom stereocenters. The molecular formula is C39H24N2. The molecule has 0 bridgehead atoms. The highest BCUT2D eigenvalue weighted by Gasteiger charge is 2.24. The zero-order valence-electron chi connectivity index (χ0n) is 22.3. The van der Waals surface area contributed by atoms with Crippen LogP contribution in [0.25, 0.3) is 82.9 Å².